The molecule has 96 valence electrons. The first-order valence-electron chi connectivity index (χ1n) is 4.95. The zero-order valence-corrected chi connectivity index (χ0v) is 9.45. The van der Waals surface area contributed by atoms with Gasteiger partial charge in [-0.15, -0.1) is 0 Å². The average molecular weight is 250 g/mol. The lowest BCUT2D eigenvalue weighted by Crippen LogP contribution is -2.57. The Hall–Kier alpha value is -1.44. The van der Waals surface area contributed by atoms with Crippen molar-refractivity contribution in [2.45, 2.75) is 38.5 Å². The molecule has 0 amide bonds. The van der Waals surface area contributed by atoms with Crippen LogP contribution < -0.4 is 5.73 Å². The van der Waals surface area contributed by atoms with E-state index in [4.69, 9.17) is 5.73 Å². The second-order valence-corrected chi connectivity index (χ2v) is 3.79. The molecule has 0 bridgehead atoms. The van der Waals surface area contributed by atoms with Gasteiger partial charge in [0.1, 0.15) is 12.2 Å². The molecule has 1 heterocycles. The number of hydrogen-bond donors (Lipinski definition) is 1. The van der Waals surface area contributed by atoms with Crippen molar-refractivity contribution in [2.75, 3.05) is 0 Å². The average Bonchev–Trinajstić information content (AvgIpc) is 2.63. The largest absolute Gasteiger partial charge is 0.413 e. The van der Waals surface area contributed by atoms with Crippen molar-refractivity contribution in [2.24, 2.45) is 5.73 Å². The molecule has 0 saturated carbocycles. The Morgan fingerprint density at radius 3 is 2.59 bits per heavy atom. The van der Waals surface area contributed by atoms with Crippen LogP contribution in [0.4, 0.5) is 13.2 Å². The zero-order valence-electron chi connectivity index (χ0n) is 9.45. The Labute approximate surface area is 95.8 Å². The quantitative estimate of drug-likeness (QED) is 0.853. The summed E-state index contributed by atoms with van der Waals surface area (Å²) in [6.45, 7) is 2.83. The van der Waals surface area contributed by atoms with Crippen LogP contribution in [0.3, 0.4) is 0 Å². The number of rotatable bonds is 4. The van der Waals surface area contributed by atoms with Gasteiger partial charge in [-0.1, -0.05) is 0 Å². The number of ketones is 1. The third kappa shape index (κ3) is 2.63. The monoisotopic (exact) mass is 250 g/mol. The molecule has 0 aliphatic carbocycles. The molecule has 0 aliphatic rings. The molecule has 17 heavy (non-hydrogen) atoms. The van der Waals surface area contributed by atoms with Crippen molar-refractivity contribution in [3.63, 3.8) is 0 Å². The van der Waals surface area contributed by atoms with E-state index < -0.39 is 23.9 Å². The SMILES string of the molecule is CCn1ncnc1CC(=O)C(C)(N)C(F)(F)F. The van der Waals surface area contributed by atoms with Gasteiger partial charge in [0, 0.05) is 6.54 Å². The Kier molecular flexibility index (Phi) is 3.56. The Bertz CT molecular complexity index is 411. The highest BCUT2D eigenvalue weighted by Gasteiger charge is 2.53. The van der Waals surface area contributed by atoms with Crippen LogP contribution in [0.15, 0.2) is 6.33 Å². The summed E-state index contributed by atoms with van der Waals surface area (Å²) in [5, 5.41) is 3.76. The minimum absolute atomic E-state index is 0.179. The number of nitrogens with zero attached hydrogens (tertiary/aromatic N) is 3. The predicted octanol–water partition coefficient (Wildman–Crippen LogP) is 0.689. The van der Waals surface area contributed by atoms with Gasteiger partial charge in [0.05, 0.1) is 6.42 Å². The van der Waals surface area contributed by atoms with Crippen molar-refractivity contribution in [1.82, 2.24) is 14.8 Å². The van der Waals surface area contributed by atoms with Gasteiger partial charge in [-0.3, -0.25) is 4.79 Å². The topological polar surface area (TPSA) is 73.8 Å². The molecule has 8 heteroatoms. The molecule has 0 saturated heterocycles. The molecule has 2 N–H and O–H groups in total. The van der Waals surface area contributed by atoms with E-state index in [-0.39, 0.29) is 5.82 Å². The molecular weight excluding hydrogens is 237 g/mol. The van der Waals surface area contributed by atoms with Gasteiger partial charge in [-0.2, -0.15) is 18.3 Å². The number of alkyl halides is 3. The molecule has 1 atom stereocenters. The van der Waals surface area contributed by atoms with Gasteiger partial charge in [-0.25, -0.2) is 9.67 Å². The molecule has 1 aromatic rings. The number of aryl methyl sites for hydroxylation is 1. The number of nitrogens with two attached hydrogens (primary N) is 1. The van der Waals surface area contributed by atoms with Crippen molar-refractivity contribution in [3.05, 3.63) is 12.2 Å². The normalized spacial score (nSPS) is 15.6. The first-order valence-corrected chi connectivity index (χ1v) is 4.95. The third-order valence-corrected chi connectivity index (χ3v) is 2.48. The fraction of sp³-hybridized carbons (Fsp3) is 0.667. The number of halogens is 3. The minimum Gasteiger partial charge on any atom is -0.312 e. The van der Waals surface area contributed by atoms with Crippen LogP contribution in [-0.2, 0) is 17.8 Å². The number of carbonyl (C=O) groups excluding carboxylic acids is 1. The van der Waals surface area contributed by atoms with E-state index in [1.54, 1.807) is 6.92 Å². The van der Waals surface area contributed by atoms with Crippen LogP contribution in [0, 0.1) is 0 Å². The molecule has 0 spiro atoms. The van der Waals surface area contributed by atoms with Crippen LogP contribution >= 0.6 is 0 Å². The summed E-state index contributed by atoms with van der Waals surface area (Å²) in [4.78, 5) is 15.3. The van der Waals surface area contributed by atoms with E-state index in [0.717, 1.165) is 0 Å². The van der Waals surface area contributed by atoms with Crippen LogP contribution in [0.25, 0.3) is 0 Å². The lowest BCUT2D eigenvalue weighted by Gasteiger charge is -2.25. The minimum atomic E-state index is -4.78. The molecular formula is C9H13F3N4O. The van der Waals surface area contributed by atoms with Crippen molar-refractivity contribution >= 4 is 5.78 Å². The molecule has 1 unspecified atom stereocenters. The van der Waals surface area contributed by atoms with Gasteiger partial charge >= 0.3 is 6.18 Å². The molecule has 0 aromatic carbocycles. The van der Waals surface area contributed by atoms with Crippen molar-refractivity contribution in [1.29, 1.82) is 0 Å². The Morgan fingerprint density at radius 1 is 1.53 bits per heavy atom. The first kappa shape index (κ1) is 13.6. The molecule has 0 aliphatic heterocycles. The van der Waals surface area contributed by atoms with Crippen molar-refractivity contribution in [3.8, 4) is 0 Å². The van der Waals surface area contributed by atoms with E-state index in [1.807, 2.05) is 0 Å². The molecule has 1 aromatic heterocycles. The third-order valence-electron chi connectivity index (χ3n) is 2.48. The lowest BCUT2D eigenvalue weighted by atomic mass is 9.94. The summed E-state index contributed by atoms with van der Waals surface area (Å²) in [6.07, 6.45) is -4.07. The molecule has 0 fully saturated rings. The highest BCUT2D eigenvalue weighted by Crippen LogP contribution is 2.29. The number of hydrogen-bond acceptors (Lipinski definition) is 4. The lowest BCUT2D eigenvalue weighted by molar-refractivity contribution is -0.185. The fourth-order valence-electron chi connectivity index (χ4n) is 1.17. The molecule has 5 nitrogen and oxygen atoms in total. The highest BCUT2D eigenvalue weighted by atomic mass is 19.4. The fourth-order valence-corrected chi connectivity index (χ4v) is 1.17. The Morgan fingerprint density at radius 2 is 2.12 bits per heavy atom. The van der Waals surface area contributed by atoms with Gasteiger partial charge in [0.15, 0.2) is 11.3 Å². The van der Waals surface area contributed by atoms with E-state index in [0.29, 0.717) is 13.5 Å². The smallest absolute Gasteiger partial charge is 0.312 e. The van der Waals surface area contributed by atoms with Crippen LogP contribution in [0.1, 0.15) is 19.7 Å². The van der Waals surface area contributed by atoms with Crippen LogP contribution in [0.2, 0.25) is 0 Å². The maximum absolute atomic E-state index is 12.5. The number of carbonyl (C=O) groups is 1. The van der Waals surface area contributed by atoms with E-state index in [2.05, 4.69) is 10.1 Å². The van der Waals surface area contributed by atoms with Gasteiger partial charge in [-0.05, 0) is 13.8 Å². The summed E-state index contributed by atoms with van der Waals surface area (Å²) in [6, 6.07) is 0. The second-order valence-electron chi connectivity index (χ2n) is 3.79. The van der Waals surface area contributed by atoms with Crippen LogP contribution in [0.5, 0.6) is 0 Å². The summed E-state index contributed by atoms with van der Waals surface area (Å²) in [5.74, 6) is -0.953. The van der Waals surface area contributed by atoms with E-state index >= 15 is 0 Å². The Balaban J connectivity index is 2.87. The maximum Gasteiger partial charge on any atom is 0.413 e. The van der Waals surface area contributed by atoms with Gasteiger partial charge in [0.25, 0.3) is 0 Å². The highest BCUT2D eigenvalue weighted by molar-refractivity contribution is 5.90. The maximum atomic E-state index is 12.5. The van der Waals surface area contributed by atoms with Crippen LogP contribution in [-0.4, -0.2) is 32.3 Å². The summed E-state index contributed by atoms with van der Waals surface area (Å²) >= 11 is 0. The molecule has 0 radical (unpaired) electrons. The first-order chi connectivity index (χ1) is 7.70. The van der Waals surface area contributed by atoms with Gasteiger partial charge < -0.3 is 5.73 Å². The summed E-state index contributed by atoms with van der Waals surface area (Å²) in [5.41, 5.74) is 2.15. The van der Waals surface area contributed by atoms with Crippen molar-refractivity contribution < 1.29 is 18.0 Å². The van der Waals surface area contributed by atoms with E-state index in [9.17, 15) is 18.0 Å². The van der Waals surface area contributed by atoms with E-state index in [1.165, 1.54) is 11.0 Å². The number of aromatic nitrogens is 3. The predicted molar refractivity (Wildman–Crippen MR) is 53.1 cm³/mol. The summed E-state index contributed by atoms with van der Waals surface area (Å²) < 4.78 is 38.9. The molecule has 1 rings (SSSR count). The zero-order chi connectivity index (χ0) is 13.3. The summed E-state index contributed by atoms with van der Waals surface area (Å²) in [7, 11) is 0. The van der Waals surface area contributed by atoms with Gasteiger partial charge in [0.2, 0.25) is 0 Å². The standard InChI is InChI=1S/C9H13F3N4O/c1-3-16-7(14-5-15-16)4-6(17)8(2,13)9(10,11)12/h5H,3-4,13H2,1-2H3. The number of Topliss-reactive ketones (excluding diaryl/α,β-unsaturated/α-hetero) is 1. The second kappa shape index (κ2) is 4.44.